The molecule has 0 aliphatic heterocycles. The fourth-order valence-corrected chi connectivity index (χ4v) is 3.23. The van der Waals surface area contributed by atoms with Crippen molar-refractivity contribution < 1.29 is 14.3 Å². The van der Waals surface area contributed by atoms with E-state index >= 15 is 0 Å². The van der Waals surface area contributed by atoms with Crippen molar-refractivity contribution in [3.8, 4) is 11.6 Å². The number of imidazole rings is 1. The molecular weight excluding hydrogens is 366 g/mol. The molecule has 0 amide bonds. The van der Waals surface area contributed by atoms with Gasteiger partial charge in [0.25, 0.3) is 0 Å². The van der Waals surface area contributed by atoms with Crippen LogP contribution in [0.5, 0.6) is 11.6 Å². The molecular formula is C23H33N3O3. The summed E-state index contributed by atoms with van der Waals surface area (Å²) in [6, 6.07) is 4.28. The number of aromatic nitrogens is 2. The van der Waals surface area contributed by atoms with Crippen LogP contribution in [-0.4, -0.2) is 36.1 Å². The van der Waals surface area contributed by atoms with Gasteiger partial charge in [-0.2, -0.15) is 0 Å². The van der Waals surface area contributed by atoms with Gasteiger partial charge in [-0.1, -0.05) is 17.3 Å². The van der Waals surface area contributed by atoms with Crippen LogP contribution in [0.1, 0.15) is 48.6 Å². The van der Waals surface area contributed by atoms with Gasteiger partial charge in [0.15, 0.2) is 0 Å². The molecule has 0 fully saturated rings. The number of nitrogens with zero attached hydrogens (tertiary/aromatic N) is 3. The van der Waals surface area contributed by atoms with Crippen LogP contribution in [0.2, 0.25) is 0 Å². The first-order valence-electron chi connectivity index (χ1n) is 10.1. The van der Waals surface area contributed by atoms with Crippen molar-refractivity contribution in [1.29, 1.82) is 0 Å². The maximum absolute atomic E-state index is 5.90. The highest BCUT2D eigenvalue weighted by molar-refractivity contribution is 5.79. The predicted molar refractivity (Wildman–Crippen MR) is 117 cm³/mol. The standard InChI is InChI=1S/C23H33N3O3/c1-6-7-12-28-20-14-18(2)21(19(3)15-20)11-9-8-10-13-29-23-22(16-25-27-5)24-17-26(23)4/h6-7,14-17H,8-13H2,1-5H3/b7-6+,25-16?. The van der Waals surface area contributed by atoms with Crippen LogP contribution in [0, 0.1) is 13.8 Å². The fraction of sp³-hybridized carbons (Fsp3) is 0.478. The Labute approximate surface area is 174 Å². The summed E-state index contributed by atoms with van der Waals surface area (Å²) in [5.74, 6) is 1.66. The monoisotopic (exact) mass is 399 g/mol. The molecule has 6 nitrogen and oxygen atoms in total. The van der Waals surface area contributed by atoms with Crippen LogP contribution in [0.3, 0.4) is 0 Å². The lowest BCUT2D eigenvalue weighted by Crippen LogP contribution is -2.04. The van der Waals surface area contributed by atoms with Gasteiger partial charge >= 0.3 is 0 Å². The number of rotatable bonds is 12. The van der Waals surface area contributed by atoms with Crippen LogP contribution in [0.15, 0.2) is 35.8 Å². The first kappa shape index (κ1) is 22.5. The molecule has 0 radical (unpaired) electrons. The molecule has 0 saturated carbocycles. The highest BCUT2D eigenvalue weighted by Gasteiger charge is 2.09. The second-order valence-corrected chi connectivity index (χ2v) is 7.04. The number of oxime groups is 1. The van der Waals surface area contributed by atoms with Crippen molar-refractivity contribution in [2.24, 2.45) is 12.2 Å². The predicted octanol–water partition coefficient (Wildman–Crippen LogP) is 4.76. The van der Waals surface area contributed by atoms with Gasteiger partial charge in [0.1, 0.15) is 25.2 Å². The molecule has 0 aliphatic rings. The number of hydrogen-bond donors (Lipinski definition) is 0. The Bertz CT molecular complexity index is 802. The molecule has 6 heteroatoms. The van der Waals surface area contributed by atoms with E-state index in [2.05, 4.69) is 36.1 Å². The zero-order chi connectivity index (χ0) is 21.1. The summed E-state index contributed by atoms with van der Waals surface area (Å²) in [5.41, 5.74) is 4.70. The Morgan fingerprint density at radius 1 is 1.10 bits per heavy atom. The summed E-state index contributed by atoms with van der Waals surface area (Å²) in [7, 11) is 3.41. The Morgan fingerprint density at radius 3 is 2.55 bits per heavy atom. The van der Waals surface area contributed by atoms with Gasteiger partial charge in [-0.25, -0.2) is 4.98 Å². The van der Waals surface area contributed by atoms with Crippen LogP contribution < -0.4 is 9.47 Å². The summed E-state index contributed by atoms with van der Waals surface area (Å²) in [6.45, 7) is 7.60. The Hall–Kier alpha value is -2.76. The van der Waals surface area contributed by atoms with Crippen LogP contribution >= 0.6 is 0 Å². The van der Waals surface area contributed by atoms with E-state index in [0.29, 0.717) is 24.8 Å². The van der Waals surface area contributed by atoms with Crippen molar-refractivity contribution in [3.05, 3.63) is 53.0 Å². The molecule has 0 unspecified atom stereocenters. The lowest BCUT2D eigenvalue weighted by atomic mass is 9.97. The van der Waals surface area contributed by atoms with Gasteiger partial charge < -0.3 is 18.9 Å². The quantitative estimate of drug-likeness (QED) is 0.223. The number of benzene rings is 1. The third-order valence-corrected chi connectivity index (χ3v) is 4.75. The fourth-order valence-electron chi connectivity index (χ4n) is 3.23. The Kier molecular flexibility index (Phi) is 9.28. The number of aryl methyl sites for hydroxylation is 3. The summed E-state index contributed by atoms with van der Waals surface area (Å²) in [4.78, 5) is 8.97. The van der Waals surface area contributed by atoms with E-state index in [-0.39, 0.29) is 0 Å². The average Bonchev–Trinajstić information content (AvgIpc) is 3.04. The molecule has 0 atom stereocenters. The minimum Gasteiger partial charge on any atom is -0.490 e. The van der Waals surface area contributed by atoms with Crippen molar-refractivity contribution >= 4 is 6.21 Å². The number of unbranched alkanes of at least 4 members (excludes halogenated alkanes) is 2. The molecule has 2 rings (SSSR count). The lowest BCUT2D eigenvalue weighted by Gasteiger charge is -2.13. The normalized spacial score (nSPS) is 11.5. The smallest absolute Gasteiger partial charge is 0.222 e. The zero-order valence-electron chi connectivity index (χ0n) is 18.3. The maximum atomic E-state index is 5.90. The van der Waals surface area contributed by atoms with Crippen molar-refractivity contribution in [1.82, 2.24) is 9.55 Å². The van der Waals surface area contributed by atoms with Gasteiger partial charge in [0.2, 0.25) is 5.88 Å². The zero-order valence-corrected chi connectivity index (χ0v) is 18.3. The molecule has 0 saturated heterocycles. The minimum absolute atomic E-state index is 0.616. The number of allylic oxidation sites excluding steroid dienone is 1. The molecule has 0 bridgehead atoms. The van der Waals surface area contributed by atoms with E-state index < -0.39 is 0 Å². The van der Waals surface area contributed by atoms with E-state index in [9.17, 15) is 0 Å². The second-order valence-electron chi connectivity index (χ2n) is 7.04. The van der Waals surface area contributed by atoms with E-state index in [1.165, 1.54) is 23.8 Å². The molecule has 0 spiro atoms. The van der Waals surface area contributed by atoms with E-state index in [0.717, 1.165) is 31.4 Å². The molecule has 1 aromatic heterocycles. The van der Waals surface area contributed by atoms with Gasteiger partial charge in [-0.15, -0.1) is 0 Å². The van der Waals surface area contributed by atoms with Gasteiger partial charge in [-0.3, -0.25) is 0 Å². The van der Waals surface area contributed by atoms with Gasteiger partial charge in [0, 0.05) is 7.05 Å². The molecule has 1 heterocycles. The molecule has 29 heavy (non-hydrogen) atoms. The van der Waals surface area contributed by atoms with E-state index in [1.54, 1.807) is 12.5 Å². The second kappa shape index (κ2) is 11.9. The first-order chi connectivity index (χ1) is 14.1. The number of hydrogen-bond acceptors (Lipinski definition) is 5. The lowest BCUT2D eigenvalue weighted by molar-refractivity contribution is 0.215. The van der Waals surface area contributed by atoms with Crippen LogP contribution in [0.25, 0.3) is 0 Å². The molecule has 0 N–H and O–H groups in total. The Balaban J connectivity index is 1.77. The summed E-state index contributed by atoms with van der Waals surface area (Å²) in [6.07, 6.45) is 11.6. The average molecular weight is 400 g/mol. The minimum atomic E-state index is 0.616. The highest BCUT2D eigenvalue weighted by Crippen LogP contribution is 2.24. The van der Waals surface area contributed by atoms with Crippen LogP contribution in [0.4, 0.5) is 0 Å². The van der Waals surface area contributed by atoms with Crippen molar-refractivity contribution in [2.45, 2.75) is 46.5 Å². The molecule has 1 aromatic carbocycles. The van der Waals surface area contributed by atoms with Gasteiger partial charge in [-0.05, 0) is 75.3 Å². The SMILES string of the molecule is C/C=C/COc1cc(C)c(CCCCCOc2c(C=NOC)ncn2C)c(C)c1. The van der Waals surface area contributed by atoms with E-state index in [4.69, 9.17) is 14.3 Å². The highest BCUT2D eigenvalue weighted by atomic mass is 16.6. The molecule has 158 valence electrons. The Morgan fingerprint density at radius 2 is 1.86 bits per heavy atom. The van der Waals surface area contributed by atoms with E-state index in [1.807, 2.05) is 30.7 Å². The molecule has 0 aliphatic carbocycles. The summed E-state index contributed by atoms with van der Waals surface area (Å²) < 4.78 is 13.5. The van der Waals surface area contributed by atoms with Crippen LogP contribution in [-0.2, 0) is 18.3 Å². The largest absolute Gasteiger partial charge is 0.490 e. The summed E-state index contributed by atoms with van der Waals surface area (Å²) >= 11 is 0. The van der Waals surface area contributed by atoms with Crippen molar-refractivity contribution in [3.63, 3.8) is 0 Å². The topological polar surface area (TPSA) is 57.9 Å². The first-order valence-corrected chi connectivity index (χ1v) is 10.1. The maximum Gasteiger partial charge on any atom is 0.222 e. The molecule has 2 aromatic rings. The third-order valence-electron chi connectivity index (χ3n) is 4.75. The van der Waals surface area contributed by atoms with Gasteiger partial charge in [0.05, 0.1) is 19.1 Å². The number of ether oxygens (including phenoxy) is 2. The van der Waals surface area contributed by atoms with Crippen molar-refractivity contribution in [2.75, 3.05) is 20.3 Å². The summed E-state index contributed by atoms with van der Waals surface area (Å²) in [5, 5.41) is 3.76. The third kappa shape index (κ3) is 6.97.